The number of nitrogens with zero attached hydrogens (tertiary/aromatic N) is 5. The van der Waals surface area contributed by atoms with Crippen molar-refractivity contribution in [1.29, 1.82) is 0 Å². The third-order valence-corrected chi connectivity index (χ3v) is 4.45. The molecule has 0 unspecified atom stereocenters. The maximum absolute atomic E-state index is 14.1. The number of halogens is 1. The molecule has 0 fully saturated rings. The summed E-state index contributed by atoms with van der Waals surface area (Å²) in [6.07, 6.45) is 2.33. The van der Waals surface area contributed by atoms with Gasteiger partial charge in [-0.15, -0.1) is 10.2 Å². The number of nitrogens with one attached hydrogen (secondary N) is 1. The van der Waals surface area contributed by atoms with E-state index in [-0.39, 0.29) is 5.82 Å². The summed E-state index contributed by atoms with van der Waals surface area (Å²) in [4.78, 5) is 4.48. The average molecular weight is 355 g/mol. The molecular formula is C16H14FN7S. The van der Waals surface area contributed by atoms with Crippen LogP contribution in [0.4, 0.5) is 15.3 Å². The predicted octanol–water partition coefficient (Wildman–Crippen LogP) is 2.62. The Morgan fingerprint density at radius 2 is 2.08 bits per heavy atom. The van der Waals surface area contributed by atoms with E-state index in [0.717, 1.165) is 10.8 Å². The van der Waals surface area contributed by atoms with Crippen molar-refractivity contribution in [3.05, 3.63) is 53.4 Å². The minimum absolute atomic E-state index is 0.311. The lowest BCUT2D eigenvalue weighted by Gasteiger charge is -2.10. The summed E-state index contributed by atoms with van der Waals surface area (Å²) in [5.74, 6) is 0.417. The minimum Gasteiger partial charge on any atom is -0.374 e. The SMILES string of the molecule is Nc1nnc(CCNc2cc(-c3ccccc3F)nc3ccnn23)s1. The van der Waals surface area contributed by atoms with E-state index in [0.29, 0.717) is 35.0 Å². The van der Waals surface area contributed by atoms with Crippen molar-refractivity contribution >= 4 is 27.9 Å². The third-order valence-electron chi connectivity index (χ3n) is 3.64. The van der Waals surface area contributed by atoms with Gasteiger partial charge >= 0.3 is 0 Å². The average Bonchev–Trinajstić information content (AvgIpc) is 3.24. The van der Waals surface area contributed by atoms with Gasteiger partial charge in [0.2, 0.25) is 5.13 Å². The van der Waals surface area contributed by atoms with Crippen molar-refractivity contribution in [2.24, 2.45) is 0 Å². The van der Waals surface area contributed by atoms with Gasteiger partial charge in [-0.25, -0.2) is 9.37 Å². The molecule has 0 aliphatic carbocycles. The quantitative estimate of drug-likeness (QED) is 0.571. The first-order valence-electron chi connectivity index (χ1n) is 7.62. The van der Waals surface area contributed by atoms with Crippen LogP contribution in [0.5, 0.6) is 0 Å². The Morgan fingerprint density at radius 1 is 1.20 bits per heavy atom. The first kappa shape index (κ1) is 15.5. The molecule has 25 heavy (non-hydrogen) atoms. The number of aromatic nitrogens is 5. The number of hydrogen-bond acceptors (Lipinski definition) is 7. The molecule has 0 saturated carbocycles. The lowest BCUT2D eigenvalue weighted by atomic mass is 10.1. The van der Waals surface area contributed by atoms with Gasteiger partial charge < -0.3 is 11.1 Å². The van der Waals surface area contributed by atoms with Gasteiger partial charge in [0.1, 0.15) is 16.6 Å². The van der Waals surface area contributed by atoms with E-state index in [9.17, 15) is 4.39 Å². The number of nitrogen functional groups attached to an aromatic ring is 1. The zero-order valence-electron chi connectivity index (χ0n) is 13.1. The van der Waals surface area contributed by atoms with Gasteiger partial charge in [0.05, 0.1) is 11.9 Å². The number of nitrogens with two attached hydrogens (primary N) is 1. The standard InChI is InChI=1S/C16H14FN7S/c17-11-4-2-1-3-10(11)12-9-14(24-13(21-12)5-8-20-24)19-7-6-15-22-23-16(18)25-15/h1-5,8-9,19H,6-7H2,(H2,18,23). The van der Waals surface area contributed by atoms with Crippen LogP contribution < -0.4 is 11.1 Å². The number of fused-ring (bicyclic) bond motifs is 1. The monoisotopic (exact) mass is 355 g/mol. The first-order chi connectivity index (χ1) is 12.2. The van der Waals surface area contributed by atoms with Crippen LogP contribution >= 0.6 is 11.3 Å². The topological polar surface area (TPSA) is 94.0 Å². The molecule has 3 heterocycles. The van der Waals surface area contributed by atoms with Gasteiger partial charge in [0, 0.05) is 30.7 Å². The van der Waals surface area contributed by atoms with E-state index >= 15 is 0 Å². The van der Waals surface area contributed by atoms with Crippen molar-refractivity contribution in [3.8, 4) is 11.3 Å². The minimum atomic E-state index is -0.311. The fourth-order valence-electron chi connectivity index (χ4n) is 2.51. The van der Waals surface area contributed by atoms with Crippen molar-refractivity contribution in [3.63, 3.8) is 0 Å². The Bertz CT molecular complexity index is 1030. The second-order valence-electron chi connectivity index (χ2n) is 5.32. The molecule has 0 saturated heterocycles. The summed E-state index contributed by atoms with van der Waals surface area (Å²) in [5.41, 5.74) is 7.23. The summed E-state index contributed by atoms with van der Waals surface area (Å²) < 4.78 is 15.8. The summed E-state index contributed by atoms with van der Waals surface area (Å²) in [6.45, 7) is 0.615. The summed E-state index contributed by atoms with van der Waals surface area (Å²) in [5, 5.41) is 16.7. The maximum atomic E-state index is 14.1. The van der Waals surface area contributed by atoms with Crippen molar-refractivity contribution in [2.75, 3.05) is 17.6 Å². The number of rotatable bonds is 5. The van der Waals surface area contributed by atoms with Crippen LogP contribution in [0.25, 0.3) is 16.9 Å². The molecule has 1 aromatic carbocycles. The molecule has 3 N–H and O–H groups in total. The van der Waals surface area contributed by atoms with Gasteiger partial charge in [0.25, 0.3) is 0 Å². The van der Waals surface area contributed by atoms with E-state index in [2.05, 4.69) is 25.6 Å². The van der Waals surface area contributed by atoms with Crippen molar-refractivity contribution in [1.82, 2.24) is 24.8 Å². The van der Waals surface area contributed by atoms with E-state index in [1.165, 1.54) is 17.4 Å². The van der Waals surface area contributed by atoms with Gasteiger partial charge in [-0.1, -0.05) is 23.5 Å². The Morgan fingerprint density at radius 3 is 2.88 bits per heavy atom. The second-order valence-corrected chi connectivity index (χ2v) is 6.41. The van der Waals surface area contributed by atoms with Gasteiger partial charge in [-0.2, -0.15) is 9.61 Å². The van der Waals surface area contributed by atoms with Crippen LogP contribution in [-0.4, -0.2) is 31.3 Å². The summed E-state index contributed by atoms with van der Waals surface area (Å²) in [6, 6.07) is 10.1. The zero-order chi connectivity index (χ0) is 17.2. The molecule has 0 radical (unpaired) electrons. The molecule has 4 aromatic rings. The highest BCUT2D eigenvalue weighted by Gasteiger charge is 2.11. The molecular weight excluding hydrogens is 341 g/mol. The Balaban J connectivity index is 1.63. The van der Waals surface area contributed by atoms with Crippen molar-refractivity contribution < 1.29 is 4.39 Å². The lowest BCUT2D eigenvalue weighted by molar-refractivity contribution is 0.630. The molecule has 7 nitrogen and oxygen atoms in total. The van der Waals surface area contributed by atoms with Crippen LogP contribution in [0.1, 0.15) is 5.01 Å². The molecule has 0 aliphatic heterocycles. The second kappa shape index (κ2) is 6.44. The van der Waals surface area contributed by atoms with Crippen LogP contribution in [0.3, 0.4) is 0 Å². The number of anilines is 2. The highest BCUT2D eigenvalue weighted by atomic mass is 32.1. The van der Waals surface area contributed by atoms with E-state index in [1.54, 1.807) is 41.0 Å². The summed E-state index contributed by atoms with van der Waals surface area (Å²) in [7, 11) is 0. The number of benzene rings is 1. The van der Waals surface area contributed by atoms with Crippen LogP contribution in [0.2, 0.25) is 0 Å². The zero-order valence-corrected chi connectivity index (χ0v) is 13.9. The molecule has 0 atom stereocenters. The van der Waals surface area contributed by atoms with Gasteiger partial charge in [0.15, 0.2) is 5.65 Å². The molecule has 0 bridgehead atoms. The maximum Gasteiger partial charge on any atom is 0.203 e. The van der Waals surface area contributed by atoms with Crippen LogP contribution in [0.15, 0.2) is 42.6 Å². The molecule has 0 amide bonds. The highest BCUT2D eigenvalue weighted by molar-refractivity contribution is 7.15. The molecule has 9 heteroatoms. The van der Waals surface area contributed by atoms with Gasteiger partial charge in [-0.3, -0.25) is 0 Å². The fraction of sp³-hybridized carbons (Fsp3) is 0.125. The summed E-state index contributed by atoms with van der Waals surface area (Å²) >= 11 is 1.36. The van der Waals surface area contributed by atoms with Crippen LogP contribution in [0, 0.1) is 5.82 Å². The molecule has 0 aliphatic rings. The molecule has 4 rings (SSSR count). The fourth-order valence-corrected chi connectivity index (χ4v) is 3.12. The largest absolute Gasteiger partial charge is 0.374 e. The third kappa shape index (κ3) is 3.13. The molecule has 0 spiro atoms. The Hall–Kier alpha value is -3.07. The number of hydrogen-bond donors (Lipinski definition) is 2. The van der Waals surface area contributed by atoms with E-state index in [1.807, 2.05) is 0 Å². The van der Waals surface area contributed by atoms with Crippen molar-refractivity contribution in [2.45, 2.75) is 6.42 Å². The van der Waals surface area contributed by atoms with Gasteiger partial charge in [-0.05, 0) is 12.1 Å². The molecule has 126 valence electrons. The predicted molar refractivity (Wildman–Crippen MR) is 94.9 cm³/mol. The first-order valence-corrected chi connectivity index (χ1v) is 8.44. The normalized spacial score (nSPS) is 11.1. The molecule has 3 aromatic heterocycles. The van der Waals surface area contributed by atoms with Crippen LogP contribution in [-0.2, 0) is 6.42 Å². The Labute approximate surface area is 146 Å². The lowest BCUT2D eigenvalue weighted by Crippen LogP contribution is -2.10. The van der Waals surface area contributed by atoms with E-state index in [4.69, 9.17) is 5.73 Å². The Kier molecular flexibility index (Phi) is 3.98. The smallest absolute Gasteiger partial charge is 0.203 e. The van der Waals surface area contributed by atoms with E-state index < -0.39 is 0 Å². The highest BCUT2D eigenvalue weighted by Crippen LogP contribution is 2.24.